The summed E-state index contributed by atoms with van der Waals surface area (Å²) in [5, 5.41) is 0. The van der Waals surface area contributed by atoms with Gasteiger partial charge in [-0.2, -0.15) is 0 Å². The first-order valence-corrected chi connectivity index (χ1v) is 7.16. The normalized spacial score (nSPS) is 21.2. The molecule has 2 unspecified atom stereocenters. The van der Waals surface area contributed by atoms with Crippen LogP contribution in [0.4, 0.5) is 0 Å². The van der Waals surface area contributed by atoms with Crippen molar-refractivity contribution in [3.8, 4) is 0 Å². The lowest BCUT2D eigenvalue weighted by Gasteiger charge is -2.31. The number of nitrogens with two attached hydrogens (primary N) is 1. The number of rotatable bonds is 4. The molecule has 0 saturated carbocycles. The van der Waals surface area contributed by atoms with Crippen molar-refractivity contribution in [1.82, 2.24) is 4.90 Å². The van der Waals surface area contributed by atoms with Crippen LogP contribution in [0.3, 0.4) is 0 Å². The van der Waals surface area contributed by atoms with Gasteiger partial charge in [-0.1, -0.05) is 18.5 Å². The molecular formula is C12H19ClN2S. The fourth-order valence-electron chi connectivity index (χ4n) is 2.39. The van der Waals surface area contributed by atoms with Gasteiger partial charge in [-0.3, -0.25) is 4.90 Å². The predicted octanol–water partition coefficient (Wildman–Crippen LogP) is 3.28. The number of nitrogens with zero attached hydrogens (tertiary/aromatic N) is 1. The Morgan fingerprint density at radius 3 is 2.62 bits per heavy atom. The van der Waals surface area contributed by atoms with Crippen LogP contribution in [0.15, 0.2) is 12.1 Å². The molecule has 0 aliphatic carbocycles. The minimum atomic E-state index is 0.216. The van der Waals surface area contributed by atoms with Crippen LogP contribution in [0, 0.1) is 0 Å². The molecule has 1 aromatic rings. The SMILES string of the molecule is CCC(N)C(c1ccc(Cl)s1)N1CCCC1. The van der Waals surface area contributed by atoms with E-state index in [1.807, 2.05) is 6.07 Å². The minimum absolute atomic E-state index is 0.216. The third-order valence-electron chi connectivity index (χ3n) is 3.30. The summed E-state index contributed by atoms with van der Waals surface area (Å²) < 4.78 is 0.863. The van der Waals surface area contributed by atoms with Gasteiger partial charge in [0.05, 0.1) is 10.4 Å². The third kappa shape index (κ3) is 2.59. The average Bonchev–Trinajstić information content (AvgIpc) is 2.91. The monoisotopic (exact) mass is 258 g/mol. The third-order valence-corrected chi connectivity index (χ3v) is 4.60. The molecular weight excluding hydrogens is 240 g/mol. The van der Waals surface area contributed by atoms with Crippen LogP contribution in [-0.4, -0.2) is 24.0 Å². The van der Waals surface area contributed by atoms with Gasteiger partial charge in [-0.15, -0.1) is 11.3 Å². The van der Waals surface area contributed by atoms with Crippen LogP contribution in [0.5, 0.6) is 0 Å². The molecule has 90 valence electrons. The molecule has 2 heterocycles. The van der Waals surface area contributed by atoms with Crippen LogP contribution in [0.2, 0.25) is 4.34 Å². The van der Waals surface area contributed by atoms with Crippen molar-refractivity contribution in [2.75, 3.05) is 13.1 Å². The summed E-state index contributed by atoms with van der Waals surface area (Å²) in [5.74, 6) is 0. The quantitative estimate of drug-likeness (QED) is 0.898. The second-order valence-electron chi connectivity index (χ2n) is 4.40. The molecule has 2 nitrogen and oxygen atoms in total. The van der Waals surface area contributed by atoms with E-state index in [0.717, 1.165) is 10.8 Å². The molecule has 0 amide bonds. The van der Waals surface area contributed by atoms with Crippen molar-refractivity contribution >= 4 is 22.9 Å². The van der Waals surface area contributed by atoms with Crippen LogP contribution in [0.1, 0.15) is 37.1 Å². The number of hydrogen-bond acceptors (Lipinski definition) is 3. The molecule has 4 heteroatoms. The van der Waals surface area contributed by atoms with Gasteiger partial charge in [-0.25, -0.2) is 0 Å². The highest BCUT2D eigenvalue weighted by atomic mass is 35.5. The summed E-state index contributed by atoms with van der Waals surface area (Å²) in [5.41, 5.74) is 6.26. The van der Waals surface area contributed by atoms with Crippen LogP contribution >= 0.6 is 22.9 Å². The molecule has 2 N–H and O–H groups in total. The summed E-state index contributed by atoms with van der Waals surface area (Å²) in [6.45, 7) is 4.50. The van der Waals surface area contributed by atoms with E-state index in [2.05, 4.69) is 17.9 Å². The van der Waals surface area contributed by atoms with Crippen LogP contribution < -0.4 is 5.73 Å². The number of hydrogen-bond donors (Lipinski definition) is 1. The van der Waals surface area contributed by atoms with Gasteiger partial charge in [-0.05, 0) is 44.5 Å². The molecule has 0 spiro atoms. The van der Waals surface area contributed by atoms with Gasteiger partial charge in [0.2, 0.25) is 0 Å². The van der Waals surface area contributed by atoms with E-state index in [0.29, 0.717) is 6.04 Å². The lowest BCUT2D eigenvalue weighted by molar-refractivity contribution is 0.213. The first-order chi connectivity index (χ1) is 7.72. The van der Waals surface area contributed by atoms with E-state index in [4.69, 9.17) is 17.3 Å². The van der Waals surface area contributed by atoms with E-state index in [1.165, 1.54) is 30.8 Å². The zero-order valence-electron chi connectivity index (χ0n) is 9.66. The standard InChI is InChI=1S/C12H19ClN2S/c1-2-9(14)12(15-7-3-4-8-15)10-5-6-11(13)16-10/h5-6,9,12H,2-4,7-8,14H2,1H3. The van der Waals surface area contributed by atoms with Crippen molar-refractivity contribution in [2.45, 2.75) is 38.3 Å². The van der Waals surface area contributed by atoms with Crippen LogP contribution in [0.25, 0.3) is 0 Å². The van der Waals surface area contributed by atoms with Crippen molar-refractivity contribution in [2.24, 2.45) is 5.73 Å². The second kappa shape index (κ2) is 5.50. The average molecular weight is 259 g/mol. The van der Waals surface area contributed by atoms with E-state index in [9.17, 15) is 0 Å². The van der Waals surface area contributed by atoms with Gasteiger partial charge in [0.1, 0.15) is 0 Å². The Morgan fingerprint density at radius 2 is 2.12 bits per heavy atom. The molecule has 0 radical (unpaired) electrons. The molecule has 0 aromatic carbocycles. The highest BCUT2D eigenvalue weighted by Gasteiger charge is 2.28. The minimum Gasteiger partial charge on any atom is -0.326 e. The van der Waals surface area contributed by atoms with Gasteiger partial charge in [0.15, 0.2) is 0 Å². The smallest absolute Gasteiger partial charge is 0.0931 e. The van der Waals surface area contributed by atoms with E-state index >= 15 is 0 Å². The molecule has 1 aliphatic rings. The summed E-state index contributed by atoms with van der Waals surface area (Å²) in [7, 11) is 0. The van der Waals surface area contributed by atoms with Crippen LogP contribution in [-0.2, 0) is 0 Å². The summed E-state index contributed by atoms with van der Waals surface area (Å²) in [4.78, 5) is 3.83. The lowest BCUT2D eigenvalue weighted by atomic mass is 10.0. The maximum Gasteiger partial charge on any atom is 0.0931 e. The Hall–Kier alpha value is -0.0900. The Kier molecular flexibility index (Phi) is 4.25. The number of thiophene rings is 1. The lowest BCUT2D eigenvalue weighted by Crippen LogP contribution is -2.38. The fraction of sp³-hybridized carbons (Fsp3) is 0.667. The Morgan fingerprint density at radius 1 is 1.44 bits per heavy atom. The molecule has 1 saturated heterocycles. The Labute approximate surface area is 106 Å². The highest BCUT2D eigenvalue weighted by molar-refractivity contribution is 7.16. The molecule has 1 aromatic heterocycles. The largest absolute Gasteiger partial charge is 0.326 e. The van der Waals surface area contributed by atoms with Crippen molar-refractivity contribution in [3.05, 3.63) is 21.3 Å². The number of likely N-dealkylation sites (tertiary alicyclic amines) is 1. The molecule has 1 fully saturated rings. The predicted molar refractivity (Wildman–Crippen MR) is 71.1 cm³/mol. The Bertz CT molecular complexity index is 334. The van der Waals surface area contributed by atoms with E-state index in [1.54, 1.807) is 11.3 Å². The summed E-state index contributed by atoms with van der Waals surface area (Å²) in [6, 6.07) is 4.69. The summed E-state index contributed by atoms with van der Waals surface area (Å²) in [6.07, 6.45) is 3.61. The van der Waals surface area contributed by atoms with E-state index < -0.39 is 0 Å². The highest BCUT2D eigenvalue weighted by Crippen LogP contribution is 2.34. The first kappa shape index (κ1) is 12.4. The first-order valence-electron chi connectivity index (χ1n) is 5.97. The zero-order chi connectivity index (χ0) is 11.5. The number of halogens is 1. The maximum absolute atomic E-state index is 6.26. The van der Waals surface area contributed by atoms with Gasteiger partial charge in [0.25, 0.3) is 0 Å². The van der Waals surface area contributed by atoms with Crippen molar-refractivity contribution in [1.29, 1.82) is 0 Å². The molecule has 16 heavy (non-hydrogen) atoms. The molecule has 1 aliphatic heterocycles. The van der Waals surface area contributed by atoms with Crippen molar-refractivity contribution in [3.63, 3.8) is 0 Å². The topological polar surface area (TPSA) is 29.3 Å². The molecule has 2 rings (SSSR count). The second-order valence-corrected chi connectivity index (χ2v) is 6.15. The van der Waals surface area contributed by atoms with E-state index in [-0.39, 0.29) is 6.04 Å². The van der Waals surface area contributed by atoms with Gasteiger partial charge < -0.3 is 5.73 Å². The fourth-order valence-corrected chi connectivity index (χ4v) is 3.66. The molecule has 0 bridgehead atoms. The van der Waals surface area contributed by atoms with Crippen molar-refractivity contribution < 1.29 is 0 Å². The Balaban J connectivity index is 2.19. The zero-order valence-corrected chi connectivity index (χ0v) is 11.2. The maximum atomic E-state index is 6.26. The summed E-state index contributed by atoms with van der Waals surface area (Å²) >= 11 is 7.69. The molecule has 2 atom stereocenters. The van der Waals surface area contributed by atoms with Gasteiger partial charge in [0, 0.05) is 10.9 Å². The van der Waals surface area contributed by atoms with Gasteiger partial charge >= 0.3 is 0 Å².